The molecule has 0 heterocycles. The number of aliphatic carboxylic acids is 1. The van der Waals surface area contributed by atoms with Crippen LogP contribution in [-0.2, 0) is 60.5 Å². The molecule has 5 atom stereocenters. The van der Waals surface area contributed by atoms with E-state index in [2.05, 4.69) is 19.1 Å². The monoisotopic (exact) mass is 1550 g/mol. The van der Waals surface area contributed by atoms with Gasteiger partial charge in [0.25, 0.3) is 11.8 Å². The first-order valence-electron chi connectivity index (χ1n) is 37.8. The van der Waals surface area contributed by atoms with Crippen molar-refractivity contribution in [2.24, 2.45) is 0 Å². The number of hydrogen-bond acceptors (Lipinski definition) is 9. The minimum absolute atomic E-state index is 0. The Morgan fingerprint density at radius 1 is 0.316 bits per heavy atom. The lowest BCUT2D eigenvalue weighted by Crippen LogP contribution is -2.41. The molecule has 9 aromatic rings. The highest BCUT2D eigenvalue weighted by molar-refractivity contribution is 5.97. The van der Waals surface area contributed by atoms with Gasteiger partial charge in [-0.3, -0.25) is 34.4 Å². The molecule has 12 nitrogen and oxygen atoms in total. The summed E-state index contributed by atoms with van der Waals surface area (Å²) in [6.07, 6.45) is 15.8. The van der Waals surface area contributed by atoms with Crippen LogP contribution < -0.4 is 11.0 Å². The summed E-state index contributed by atoms with van der Waals surface area (Å²) in [6.45, 7) is 18.5. The lowest BCUT2D eigenvalue weighted by Gasteiger charge is -2.27. The topological polar surface area (TPSA) is 189 Å². The Hall–Kier alpha value is -11.4. The molecule has 17 heteroatoms. The van der Waals surface area contributed by atoms with Gasteiger partial charge in [-0.1, -0.05) is 201 Å². The van der Waals surface area contributed by atoms with Gasteiger partial charge in [0.05, 0.1) is 25.0 Å². The Kier molecular flexibility index (Phi) is 27.8. The van der Waals surface area contributed by atoms with Gasteiger partial charge in [-0.25, -0.2) is 32.9 Å². The van der Waals surface area contributed by atoms with E-state index in [0.29, 0.717) is 107 Å². The van der Waals surface area contributed by atoms with E-state index < -0.39 is 44.9 Å². The third-order valence-electron chi connectivity index (χ3n) is 23.4. The quantitative estimate of drug-likeness (QED) is 0.0230. The highest BCUT2D eigenvalue weighted by Crippen LogP contribution is 2.50. The van der Waals surface area contributed by atoms with Crippen molar-refractivity contribution < 1.29 is 70.9 Å². The van der Waals surface area contributed by atoms with Crippen molar-refractivity contribution in [3.63, 3.8) is 0 Å². The number of allylic oxidation sites excluding steroid dienone is 5. The van der Waals surface area contributed by atoms with E-state index in [1.165, 1.54) is 50.1 Å². The van der Waals surface area contributed by atoms with Gasteiger partial charge in [-0.2, -0.15) is 0 Å². The predicted molar refractivity (Wildman–Crippen MR) is 439 cm³/mol. The van der Waals surface area contributed by atoms with Crippen LogP contribution in [0.3, 0.4) is 0 Å². The van der Waals surface area contributed by atoms with Crippen LogP contribution in [0.25, 0.3) is 22.3 Å². The number of nitrogens with one attached hydrogen (secondary N) is 2. The van der Waals surface area contributed by atoms with E-state index in [0.717, 1.165) is 79.7 Å². The van der Waals surface area contributed by atoms with Gasteiger partial charge in [0.15, 0.2) is 0 Å². The molecule has 0 saturated carbocycles. The minimum atomic E-state index is -1.15. The molecule has 14 rings (SSSR count). The normalized spacial score (nSPS) is 20.3. The Bertz CT molecular complexity index is 4980. The first-order valence-corrected chi connectivity index (χ1v) is 37.8. The molecular formula is C97H101F5N2O10. The number of carboxylic acid groups (broad SMARTS) is 1. The second kappa shape index (κ2) is 36.6. The Morgan fingerprint density at radius 2 is 0.544 bits per heavy atom. The molecule has 0 aliphatic heterocycles. The maximum Gasteiger partial charge on any atom is 0.320 e. The fraction of sp³-hybridized carbons (Fsp3) is 0.289. The number of halogens is 5. The number of esters is 2. The third kappa shape index (κ3) is 17.1. The van der Waals surface area contributed by atoms with Crippen LogP contribution in [0.2, 0.25) is 0 Å². The molecule has 594 valence electrons. The SMILES string of the molecule is C.COC(=O)C1(c2cccc(F)c2C)C=C(C)CC1.COC(=O)C1(c2cccc(F)c2C)C=C(c2ccccc2C)CC1.Cc1ccccc1C1=CC(C(=O)O)(c2cccc(F)c2C)CC1.Cc1ccccc1C1=C[C@@](C(=O)NO)(c2cccc(F)c2C)CC1.Cc1ccccc1C1=C[C@](C(=O)NO)(c2cccc(F)c2C)CC1. The number of rotatable bonds is 14. The van der Waals surface area contributed by atoms with Crippen molar-refractivity contribution in [3.05, 3.63) is 353 Å². The van der Waals surface area contributed by atoms with Crippen molar-refractivity contribution in [2.45, 2.75) is 168 Å². The first-order chi connectivity index (χ1) is 53.9. The summed E-state index contributed by atoms with van der Waals surface area (Å²) in [5.41, 5.74) is 18.3. The summed E-state index contributed by atoms with van der Waals surface area (Å²) in [5.74, 6) is -4.27. The molecule has 2 amide bonds. The fourth-order valence-electron chi connectivity index (χ4n) is 17.1. The lowest BCUT2D eigenvalue weighted by molar-refractivity contribution is -0.146. The number of hydroxylamine groups is 2. The highest BCUT2D eigenvalue weighted by atomic mass is 19.1. The summed E-state index contributed by atoms with van der Waals surface area (Å²) < 4.78 is 79.8. The molecule has 0 spiro atoms. The van der Waals surface area contributed by atoms with Crippen LogP contribution in [0.1, 0.15) is 179 Å². The molecule has 5 aliphatic carbocycles. The number of methoxy groups -OCH3 is 2. The zero-order valence-electron chi connectivity index (χ0n) is 65.9. The summed E-state index contributed by atoms with van der Waals surface area (Å²) in [4.78, 5) is 62.0. The van der Waals surface area contributed by atoms with Gasteiger partial charge < -0.3 is 14.6 Å². The maximum atomic E-state index is 14.1. The van der Waals surface area contributed by atoms with Gasteiger partial charge in [0.1, 0.15) is 45.3 Å². The molecule has 0 aromatic heterocycles. The Morgan fingerprint density at radius 3 is 0.798 bits per heavy atom. The average molecular weight is 1550 g/mol. The van der Waals surface area contributed by atoms with E-state index in [9.17, 15) is 61.4 Å². The summed E-state index contributed by atoms with van der Waals surface area (Å²) >= 11 is 0. The van der Waals surface area contributed by atoms with E-state index >= 15 is 0 Å². The molecule has 5 aliphatic rings. The number of carbonyl (C=O) groups is 5. The number of hydrogen-bond donors (Lipinski definition) is 5. The van der Waals surface area contributed by atoms with Crippen molar-refractivity contribution in [2.75, 3.05) is 14.2 Å². The summed E-state index contributed by atoms with van der Waals surface area (Å²) in [6, 6.07) is 55.9. The van der Waals surface area contributed by atoms with Crippen molar-refractivity contribution >= 4 is 52.0 Å². The van der Waals surface area contributed by atoms with E-state index in [1.807, 2.05) is 155 Å². The van der Waals surface area contributed by atoms with Crippen LogP contribution in [-0.4, -0.2) is 59.5 Å². The predicted octanol–water partition coefficient (Wildman–Crippen LogP) is 21.4. The van der Waals surface area contributed by atoms with Gasteiger partial charge in [-0.15, -0.1) is 0 Å². The number of carboxylic acids is 1. The fourth-order valence-corrected chi connectivity index (χ4v) is 17.1. The minimum Gasteiger partial charge on any atom is -0.480 e. The standard InChI is InChI=1S/C21H21FO2.2C20H20FNO2.C20H19FO2.C15H17FO2.CH4/c1-14-7-4-5-8-17(14)16-11-12-21(13-16,20(23)24-3)18-9-6-10-19(22)15(18)2;2*1-13-6-3-4-7-16(13)15-10-11-20(12-15,19(23)22-24)17-8-5-9-18(21)14(17)2;1-13-6-3-4-7-16(13)15-10-11-20(12-15,19(22)23)17-8-5-9-18(21)14(17)2;1-10-7-8-15(9-10,14(17)18-3)12-5-4-6-13(16)11(12)2;/h4-10,13H,11-12H2,1-3H3;2*3-9,12,24H,10-11H2,1-2H3,(H,22,23);3-9,12H,10-11H2,1-2H3,(H,22,23);4-6,9H,7-8H2,1-3H3;1H4/t;2*20-;;;/m.10.../s1. The van der Waals surface area contributed by atoms with E-state index in [-0.39, 0.29) is 48.5 Å². The zero-order chi connectivity index (χ0) is 81.9. The van der Waals surface area contributed by atoms with Gasteiger partial charge in [0.2, 0.25) is 0 Å². The van der Waals surface area contributed by atoms with Crippen molar-refractivity contribution in [1.82, 2.24) is 11.0 Å². The second-order valence-electron chi connectivity index (χ2n) is 30.0. The van der Waals surface area contributed by atoms with Crippen LogP contribution in [0.5, 0.6) is 0 Å². The number of carbonyl (C=O) groups excluding carboxylic acids is 4. The number of aryl methyl sites for hydroxylation is 4. The summed E-state index contributed by atoms with van der Waals surface area (Å²) in [7, 11) is 2.76. The number of ether oxygens (including phenoxy) is 2. The van der Waals surface area contributed by atoms with Crippen LogP contribution in [0, 0.1) is 91.4 Å². The molecule has 0 saturated heterocycles. The number of benzene rings is 9. The average Bonchev–Trinajstić information content (AvgIpc) is 1.58. The molecule has 5 N–H and O–H groups in total. The molecule has 114 heavy (non-hydrogen) atoms. The summed E-state index contributed by atoms with van der Waals surface area (Å²) in [5, 5.41) is 28.4. The van der Waals surface area contributed by atoms with Crippen LogP contribution in [0.15, 0.2) is 224 Å². The first kappa shape index (κ1) is 86.6. The van der Waals surface area contributed by atoms with Gasteiger partial charge in [-0.05, 0) is 286 Å². The third-order valence-corrected chi connectivity index (χ3v) is 23.4. The lowest BCUT2D eigenvalue weighted by atomic mass is 9.77. The molecule has 0 fully saturated rings. The van der Waals surface area contributed by atoms with Gasteiger partial charge in [0, 0.05) is 0 Å². The van der Waals surface area contributed by atoms with E-state index in [1.54, 1.807) is 94.1 Å². The van der Waals surface area contributed by atoms with E-state index in [4.69, 9.17) is 9.47 Å². The molecule has 9 aromatic carbocycles. The zero-order valence-corrected chi connectivity index (χ0v) is 65.9. The molecule has 0 bridgehead atoms. The molecule has 0 radical (unpaired) electrons. The van der Waals surface area contributed by atoms with Gasteiger partial charge >= 0.3 is 17.9 Å². The van der Waals surface area contributed by atoms with Crippen molar-refractivity contribution in [1.29, 1.82) is 0 Å². The highest BCUT2D eigenvalue weighted by Gasteiger charge is 2.49. The molecular weight excluding hydrogens is 1450 g/mol. The maximum absolute atomic E-state index is 14.1. The van der Waals surface area contributed by atoms with Crippen LogP contribution >= 0.6 is 0 Å². The van der Waals surface area contributed by atoms with Crippen LogP contribution in [0.4, 0.5) is 22.0 Å². The Labute approximate surface area is 665 Å². The molecule has 3 unspecified atom stereocenters. The van der Waals surface area contributed by atoms with Crippen molar-refractivity contribution in [3.8, 4) is 0 Å². The smallest absolute Gasteiger partial charge is 0.320 e. The Balaban J connectivity index is 0.000000163. The largest absolute Gasteiger partial charge is 0.480 e. The number of amides is 2. The second-order valence-corrected chi connectivity index (χ2v) is 30.0.